The summed E-state index contributed by atoms with van der Waals surface area (Å²) in [5, 5.41) is 4.57. The van der Waals surface area contributed by atoms with Crippen LogP contribution in [0.15, 0.2) is 24.3 Å². The zero-order chi connectivity index (χ0) is 22.6. The lowest BCUT2D eigenvalue weighted by Crippen LogP contribution is -2.50. The van der Waals surface area contributed by atoms with E-state index < -0.39 is 41.9 Å². The number of fused-ring (bicyclic) bond motifs is 1. The average Bonchev–Trinajstić information content (AvgIpc) is 2.89. The summed E-state index contributed by atoms with van der Waals surface area (Å²) in [6.07, 6.45) is -1.12. The Kier molecular flexibility index (Phi) is 7.31. The van der Waals surface area contributed by atoms with Gasteiger partial charge in [-0.25, -0.2) is 9.59 Å². The molecule has 1 aromatic carbocycles. The SMILES string of the molecule is CC(C)C[C@H](C(=O)O[C@@H](C)C(=O)NC(=O)NC(C)C)N1C(=O)c2ccccc2C1=O. The molecule has 9 heteroatoms. The van der Waals surface area contributed by atoms with E-state index in [1.807, 2.05) is 13.8 Å². The maximum atomic E-state index is 12.8. The van der Waals surface area contributed by atoms with E-state index in [1.54, 1.807) is 26.0 Å². The van der Waals surface area contributed by atoms with Crippen molar-refractivity contribution >= 4 is 29.7 Å². The standard InChI is InChI=1S/C21H27N3O6/c1-11(2)10-16(24-18(26)14-8-6-7-9-15(14)19(24)27)20(28)30-13(5)17(25)23-21(29)22-12(3)4/h6-9,11-13,16H,10H2,1-5H3,(H2,22,23,25,29)/t13-,16+/m0/s1. The Bertz CT molecular complexity index is 829. The molecule has 9 nitrogen and oxygen atoms in total. The van der Waals surface area contributed by atoms with E-state index in [-0.39, 0.29) is 29.5 Å². The van der Waals surface area contributed by atoms with E-state index in [0.717, 1.165) is 4.90 Å². The van der Waals surface area contributed by atoms with Crippen LogP contribution in [0.3, 0.4) is 0 Å². The van der Waals surface area contributed by atoms with Gasteiger partial charge >= 0.3 is 12.0 Å². The summed E-state index contributed by atoms with van der Waals surface area (Å²) in [5.74, 6) is -2.89. The number of esters is 1. The second-order valence-electron chi connectivity index (χ2n) is 7.87. The number of hydrogen-bond acceptors (Lipinski definition) is 6. The van der Waals surface area contributed by atoms with Gasteiger partial charge in [-0.2, -0.15) is 0 Å². The maximum absolute atomic E-state index is 12.8. The van der Waals surface area contributed by atoms with Crippen molar-refractivity contribution in [1.29, 1.82) is 0 Å². The first-order valence-corrected chi connectivity index (χ1v) is 9.81. The molecule has 1 heterocycles. The zero-order valence-electron chi connectivity index (χ0n) is 17.7. The highest BCUT2D eigenvalue weighted by atomic mass is 16.5. The van der Waals surface area contributed by atoms with Crippen molar-refractivity contribution in [2.24, 2.45) is 5.92 Å². The third-order valence-corrected chi connectivity index (χ3v) is 4.42. The lowest BCUT2D eigenvalue weighted by Gasteiger charge is -2.27. The van der Waals surface area contributed by atoms with Crippen molar-refractivity contribution in [1.82, 2.24) is 15.5 Å². The summed E-state index contributed by atoms with van der Waals surface area (Å²) in [4.78, 5) is 63.1. The minimum Gasteiger partial charge on any atom is -0.451 e. The Morgan fingerprint density at radius 1 is 0.967 bits per heavy atom. The smallest absolute Gasteiger partial charge is 0.330 e. The Labute approximate surface area is 175 Å². The summed E-state index contributed by atoms with van der Waals surface area (Å²) in [6.45, 7) is 8.44. The molecule has 2 N–H and O–H groups in total. The summed E-state index contributed by atoms with van der Waals surface area (Å²) >= 11 is 0. The predicted molar refractivity (Wildman–Crippen MR) is 108 cm³/mol. The number of amides is 5. The molecular weight excluding hydrogens is 390 g/mol. The van der Waals surface area contributed by atoms with Gasteiger partial charge in [0.2, 0.25) is 0 Å². The normalized spacial score (nSPS) is 15.1. The summed E-state index contributed by atoms with van der Waals surface area (Å²) in [7, 11) is 0. The fourth-order valence-electron chi connectivity index (χ4n) is 3.06. The van der Waals surface area contributed by atoms with Crippen LogP contribution >= 0.6 is 0 Å². The van der Waals surface area contributed by atoms with E-state index in [2.05, 4.69) is 10.6 Å². The molecule has 30 heavy (non-hydrogen) atoms. The number of nitrogens with zero attached hydrogens (tertiary/aromatic N) is 1. The molecule has 1 aliphatic rings. The van der Waals surface area contributed by atoms with Crippen LogP contribution in [-0.4, -0.2) is 52.8 Å². The first kappa shape index (κ1) is 23.1. The van der Waals surface area contributed by atoms with E-state index in [0.29, 0.717) is 0 Å². The number of carbonyl (C=O) groups is 5. The summed E-state index contributed by atoms with van der Waals surface area (Å²) in [5.41, 5.74) is 0.445. The van der Waals surface area contributed by atoms with Gasteiger partial charge in [0.25, 0.3) is 17.7 Å². The minimum atomic E-state index is -1.29. The van der Waals surface area contributed by atoms with Crippen LogP contribution in [0.2, 0.25) is 0 Å². The second-order valence-corrected chi connectivity index (χ2v) is 7.87. The fourth-order valence-corrected chi connectivity index (χ4v) is 3.06. The molecule has 0 saturated heterocycles. The zero-order valence-corrected chi connectivity index (χ0v) is 17.7. The van der Waals surface area contributed by atoms with Gasteiger partial charge in [0.1, 0.15) is 6.04 Å². The van der Waals surface area contributed by atoms with Crippen LogP contribution in [0, 0.1) is 5.92 Å². The quantitative estimate of drug-likeness (QED) is 0.516. The molecule has 0 unspecified atom stereocenters. The molecule has 0 fully saturated rings. The number of benzene rings is 1. The van der Waals surface area contributed by atoms with Crippen LogP contribution in [0.4, 0.5) is 4.79 Å². The molecule has 0 spiro atoms. The Morgan fingerprint density at radius 2 is 1.50 bits per heavy atom. The highest BCUT2D eigenvalue weighted by Crippen LogP contribution is 2.27. The molecule has 1 aliphatic heterocycles. The molecule has 0 saturated carbocycles. The molecule has 0 aliphatic carbocycles. The Hall–Kier alpha value is -3.23. The van der Waals surface area contributed by atoms with E-state index in [1.165, 1.54) is 19.1 Å². The number of nitrogens with one attached hydrogen (secondary N) is 2. The van der Waals surface area contributed by atoms with Crippen LogP contribution < -0.4 is 10.6 Å². The second kappa shape index (κ2) is 9.51. The number of imide groups is 2. The Balaban J connectivity index is 2.15. The minimum absolute atomic E-state index is 0.0344. The monoisotopic (exact) mass is 417 g/mol. The largest absolute Gasteiger partial charge is 0.451 e. The summed E-state index contributed by atoms with van der Waals surface area (Å²) < 4.78 is 5.21. The van der Waals surface area contributed by atoms with Crippen molar-refractivity contribution in [3.8, 4) is 0 Å². The van der Waals surface area contributed by atoms with Crippen LogP contribution in [0.1, 0.15) is 61.8 Å². The lowest BCUT2D eigenvalue weighted by molar-refractivity contribution is -0.158. The first-order chi connectivity index (χ1) is 14.0. The Morgan fingerprint density at radius 3 is 1.97 bits per heavy atom. The van der Waals surface area contributed by atoms with E-state index in [9.17, 15) is 24.0 Å². The highest BCUT2D eigenvalue weighted by molar-refractivity contribution is 6.22. The molecule has 2 rings (SSSR count). The van der Waals surface area contributed by atoms with Gasteiger partial charge in [-0.1, -0.05) is 26.0 Å². The van der Waals surface area contributed by atoms with Crippen molar-refractivity contribution < 1.29 is 28.7 Å². The molecule has 0 bridgehead atoms. The first-order valence-electron chi connectivity index (χ1n) is 9.81. The van der Waals surface area contributed by atoms with Gasteiger partial charge in [0.05, 0.1) is 11.1 Å². The van der Waals surface area contributed by atoms with Crippen molar-refractivity contribution in [3.05, 3.63) is 35.4 Å². The van der Waals surface area contributed by atoms with Crippen LogP contribution in [-0.2, 0) is 14.3 Å². The molecule has 5 amide bonds. The molecule has 1 aromatic rings. The number of carbonyl (C=O) groups excluding carboxylic acids is 5. The molecular formula is C21H27N3O6. The highest BCUT2D eigenvalue weighted by Gasteiger charge is 2.44. The van der Waals surface area contributed by atoms with Gasteiger partial charge < -0.3 is 10.1 Å². The van der Waals surface area contributed by atoms with Gasteiger partial charge in [0.15, 0.2) is 6.10 Å². The topological polar surface area (TPSA) is 122 Å². The number of urea groups is 1. The van der Waals surface area contributed by atoms with Crippen molar-refractivity contribution in [2.45, 2.75) is 59.2 Å². The number of hydrogen-bond donors (Lipinski definition) is 2. The fraction of sp³-hybridized carbons (Fsp3) is 0.476. The van der Waals surface area contributed by atoms with Crippen LogP contribution in [0.5, 0.6) is 0 Å². The lowest BCUT2D eigenvalue weighted by atomic mass is 10.0. The van der Waals surface area contributed by atoms with Gasteiger partial charge in [-0.3, -0.25) is 24.6 Å². The van der Waals surface area contributed by atoms with Gasteiger partial charge in [0, 0.05) is 6.04 Å². The molecule has 162 valence electrons. The van der Waals surface area contributed by atoms with Gasteiger partial charge in [-0.15, -0.1) is 0 Å². The van der Waals surface area contributed by atoms with E-state index in [4.69, 9.17) is 4.74 Å². The van der Waals surface area contributed by atoms with E-state index >= 15 is 0 Å². The van der Waals surface area contributed by atoms with Crippen LogP contribution in [0.25, 0.3) is 0 Å². The maximum Gasteiger partial charge on any atom is 0.330 e. The summed E-state index contributed by atoms with van der Waals surface area (Å²) in [6, 6.07) is 4.25. The van der Waals surface area contributed by atoms with Crippen molar-refractivity contribution in [3.63, 3.8) is 0 Å². The third-order valence-electron chi connectivity index (χ3n) is 4.42. The molecule has 0 radical (unpaired) electrons. The van der Waals surface area contributed by atoms with Crippen molar-refractivity contribution in [2.75, 3.05) is 0 Å². The predicted octanol–water partition coefficient (Wildman–Crippen LogP) is 1.86. The molecule has 0 aromatic heterocycles. The molecule has 2 atom stereocenters. The van der Waals surface area contributed by atoms with Gasteiger partial charge in [-0.05, 0) is 45.2 Å². The number of rotatable bonds is 7. The third kappa shape index (κ3) is 5.22. The number of ether oxygens (including phenoxy) is 1. The average molecular weight is 417 g/mol.